The molecule has 1 aromatic heterocycles. The first-order valence-corrected chi connectivity index (χ1v) is 10.4. The summed E-state index contributed by atoms with van der Waals surface area (Å²) in [6, 6.07) is 15.3. The van der Waals surface area contributed by atoms with Crippen LogP contribution < -0.4 is 16.0 Å². The van der Waals surface area contributed by atoms with Gasteiger partial charge in [-0.15, -0.1) is 0 Å². The maximum atomic E-state index is 12.5. The molecule has 150 valence electrons. The van der Waals surface area contributed by atoms with Gasteiger partial charge in [-0.05, 0) is 48.7 Å². The van der Waals surface area contributed by atoms with Crippen molar-refractivity contribution in [3.8, 4) is 0 Å². The number of pyridine rings is 1. The molecule has 0 radical (unpaired) electrons. The van der Waals surface area contributed by atoms with E-state index in [0.717, 1.165) is 41.8 Å². The number of rotatable bonds is 5. The number of nitrogens with one attached hydrogen (secondary N) is 1. The second-order valence-electron chi connectivity index (χ2n) is 7.29. The summed E-state index contributed by atoms with van der Waals surface area (Å²) in [4.78, 5) is 19.5. The van der Waals surface area contributed by atoms with Crippen molar-refractivity contribution in [1.82, 2.24) is 4.98 Å². The highest BCUT2D eigenvalue weighted by Gasteiger charge is 2.21. The number of nitrogens with two attached hydrogens (primary N) is 1. The summed E-state index contributed by atoms with van der Waals surface area (Å²) < 4.78 is 0. The number of aryl methyl sites for hydroxylation is 1. The molecule has 0 spiro atoms. The third-order valence-electron chi connectivity index (χ3n) is 5.20. The molecular weight excluding hydrogens is 407 g/mol. The number of hydrogen-bond donors (Lipinski definition) is 2. The van der Waals surface area contributed by atoms with Crippen molar-refractivity contribution in [2.24, 2.45) is 5.73 Å². The molecule has 29 heavy (non-hydrogen) atoms. The van der Waals surface area contributed by atoms with Crippen LogP contribution in [0.3, 0.4) is 0 Å². The zero-order valence-electron chi connectivity index (χ0n) is 15.9. The Balaban J connectivity index is 1.52. The molecule has 4 rings (SSSR count). The van der Waals surface area contributed by atoms with E-state index in [1.54, 1.807) is 6.07 Å². The van der Waals surface area contributed by atoms with Crippen LogP contribution in [0.5, 0.6) is 0 Å². The summed E-state index contributed by atoms with van der Waals surface area (Å²) in [6.45, 7) is 1.70. The van der Waals surface area contributed by atoms with E-state index in [9.17, 15) is 4.79 Å². The predicted molar refractivity (Wildman–Crippen MR) is 120 cm³/mol. The van der Waals surface area contributed by atoms with Gasteiger partial charge in [-0.3, -0.25) is 4.79 Å². The summed E-state index contributed by atoms with van der Waals surface area (Å²) >= 11 is 12.6. The fourth-order valence-electron chi connectivity index (χ4n) is 3.62. The molecule has 2 heterocycles. The van der Waals surface area contributed by atoms with Crippen molar-refractivity contribution >= 4 is 51.5 Å². The molecule has 5 nitrogen and oxygen atoms in total. The maximum absolute atomic E-state index is 12.5. The summed E-state index contributed by atoms with van der Waals surface area (Å²) in [5, 5.41) is 4.92. The largest absolute Gasteiger partial charge is 0.355 e. The molecule has 1 fully saturated rings. The van der Waals surface area contributed by atoms with Gasteiger partial charge < -0.3 is 16.0 Å². The molecule has 7 heteroatoms. The van der Waals surface area contributed by atoms with Crippen molar-refractivity contribution in [3.05, 3.63) is 64.1 Å². The fraction of sp³-hybridized carbons (Fsp3) is 0.273. The van der Waals surface area contributed by atoms with Gasteiger partial charge in [-0.25, -0.2) is 4.98 Å². The van der Waals surface area contributed by atoms with Gasteiger partial charge in [0.1, 0.15) is 5.82 Å². The Hall–Kier alpha value is -2.34. The van der Waals surface area contributed by atoms with Gasteiger partial charge in [0.05, 0.1) is 16.2 Å². The Morgan fingerprint density at radius 1 is 1.14 bits per heavy atom. The van der Waals surface area contributed by atoms with E-state index in [1.807, 2.05) is 42.5 Å². The Morgan fingerprint density at radius 3 is 2.72 bits per heavy atom. The maximum Gasteiger partial charge on any atom is 0.224 e. The van der Waals surface area contributed by atoms with E-state index in [0.29, 0.717) is 28.6 Å². The Bertz CT molecular complexity index is 1060. The van der Waals surface area contributed by atoms with Crippen molar-refractivity contribution in [3.63, 3.8) is 0 Å². The fourth-order valence-corrected chi connectivity index (χ4v) is 4.06. The summed E-state index contributed by atoms with van der Waals surface area (Å²) in [6.07, 6.45) is 1.84. The van der Waals surface area contributed by atoms with Crippen LogP contribution in [0.25, 0.3) is 10.9 Å². The van der Waals surface area contributed by atoms with E-state index in [4.69, 9.17) is 33.9 Å². The predicted octanol–water partition coefficient (Wildman–Crippen LogP) is 4.65. The average molecular weight is 429 g/mol. The lowest BCUT2D eigenvalue weighted by molar-refractivity contribution is -0.116. The zero-order chi connectivity index (χ0) is 20.4. The Kier molecular flexibility index (Phi) is 5.90. The number of halogens is 2. The van der Waals surface area contributed by atoms with Crippen LogP contribution in [0.2, 0.25) is 10.0 Å². The van der Waals surface area contributed by atoms with Crippen molar-refractivity contribution < 1.29 is 4.79 Å². The van der Waals surface area contributed by atoms with Crippen LogP contribution in [0.4, 0.5) is 11.5 Å². The van der Waals surface area contributed by atoms with E-state index in [1.165, 1.54) is 0 Å². The molecular formula is C22H22Cl2N4O. The second kappa shape index (κ2) is 8.57. The van der Waals surface area contributed by atoms with Crippen LogP contribution >= 0.6 is 23.2 Å². The molecule has 1 amide bonds. The number of nitrogens with zero attached hydrogens (tertiary/aromatic N) is 2. The van der Waals surface area contributed by atoms with Gasteiger partial charge in [-0.2, -0.15) is 0 Å². The van der Waals surface area contributed by atoms with Gasteiger partial charge in [0, 0.05) is 36.0 Å². The minimum Gasteiger partial charge on any atom is -0.355 e. The summed E-state index contributed by atoms with van der Waals surface area (Å²) in [5.74, 6) is 0.776. The van der Waals surface area contributed by atoms with Crippen LogP contribution in [-0.2, 0) is 11.2 Å². The molecule has 1 saturated heterocycles. The van der Waals surface area contributed by atoms with Gasteiger partial charge in [-0.1, -0.05) is 41.4 Å². The van der Waals surface area contributed by atoms with Crippen LogP contribution in [-0.4, -0.2) is 30.0 Å². The molecule has 1 aliphatic heterocycles. The smallest absolute Gasteiger partial charge is 0.224 e. The first-order valence-electron chi connectivity index (χ1n) is 9.64. The number of carbonyl (C=O) groups excluding carboxylic acids is 1. The normalized spacial score (nSPS) is 16.4. The number of benzene rings is 2. The third kappa shape index (κ3) is 4.47. The van der Waals surface area contributed by atoms with Crippen LogP contribution in [0, 0.1) is 0 Å². The molecule has 3 aromatic rings. The molecule has 0 saturated carbocycles. The molecule has 3 N–H and O–H groups in total. The van der Waals surface area contributed by atoms with Crippen molar-refractivity contribution in [2.75, 3.05) is 23.3 Å². The second-order valence-corrected chi connectivity index (χ2v) is 8.11. The topological polar surface area (TPSA) is 71.2 Å². The Labute approximate surface area is 179 Å². The first kappa shape index (κ1) is 20.0. The quantitative estimate of drug-likeness (QED) is 0.620. The number of hydrogen-bond acceptors (Lipinski definition) is 4. The molecule has 0 aliphatic carbocycles. The van der Waals surface area contributed by atoms with E-state index < -0.39 is 0 Å². The molecule has 1 atom stereocenters. The highest BCUT2D eigenvalue weighted by molar-refractivity contribution is 6.35. The minimum absolute atomic E-state index is 0.117. The van der Waals surface area contributed by atoms with Gasteiger partial charge in [0.2, 0.25) is 5.91 Å². The Morgan fingerprint density at radius 2 is 1.97 bits per heavy atom. The third-order valence-corrected chi connectivity index (χ3v) is 5.88. The SMILES string of the molecule is NC1CCN(c2ccc3c(NC(=O)CCc4ccccc4Cl)c(Cl)ccc3n2)C1. The molecule has 0 bridgehead atoms. The number of carbonyl (C=O) groups is 1. The molecule has 2 aromatic carbocycles. The van der Waals surface area contributed by atoms with Crippen LogP contribution in [0.1, 0.15) is 18.4 Å². The number of amides is 1. The van der Waals surface area contributed by atoms with E-state index >= 15 is 0 Å². The zero-order valence-corrected chi connectivity index (χ0v) is 17.4. The number of fused-ring (bicyclic) bond motifs is 1. The van der Waals surface area contributed by atoms with E-state index in [-0.39, 0.29) is 11.9 Å². The van der Waals surface area contributed by atoms with Crippen LogP contribution in [0.15, 0.2) is 48.5 Å². The number of aromatic nitrogens is 1. The van der Waals surface area contributed by atoms with Gasteiger partial charge >= 0.3 is 0 Å². The highest BCUT2D eigenvalue weighted by Crippen LogP contribution is 2.32. The minimum atomic E-state index is -0.117. The summed E-state index contributed by atoms with van der Waals surface area (Å²) in [7, 11) is 0. The monoisotopic (exact) mass is 428 g/mol. The molecule has 1 unspecified atom stereocenters. The molecule has 1 aliphatic rings. The lowest BCUT2D eigenvalue weighted by Gasteiger charge is -2.18. The van der Waals surface area contributed by atoms with E-state index in [2.05, 4.69) is 10.2 Å². The average Bonchev–Trinajstić information content (AvgIpc) is 3.15. The lowest BCUT2D eigenvalue weighted by Crippen LogP contribution is -2.26. The van der Waals surface area contributed by atoms with Crippen molar-refractivity contribution in [1.29, 1.82) is 0 Å². The highest BCUT2D eigenvalue weighted by atomic mass is 35.5. The summed E-state index contributed by atoms with van der Waals surface area (Å²) in [5.41, 5.74) is 8.33. The van der Waals surface area contributed by atoms with Gasteiger partial charge in [0.15, 0.2) is 0 Å². The lowest BCUT2D eigenvalue weighted by atomic mass is 10.1. The van der Waals surface area contributed by atoms with Crippen molar-refractivity contribution in [2.45, 2.75) is 25.3 Å². The van der Waals surface area contributed by atoms with Gasteiger partial charge in [0.25, 0.3) is 0 Å². The standard InChI is InChI=1S/C22H22Cl2N4O/c23-17-4-2-1-3-14(17)5-10-21(29)27-22-16-6-9-20(28-12-11-15(25)13-28)26-19(16)8-7-18(22)24/h1-4,6-9,15H,5,10-13,25H2,(H,27,29). The first-order chi connectivity index (χ1) is 14.0. The number of anilines is 2.